The number of benzene rings is 1. The van der Waals surface area contributed by atoms with Crippen molar-refractivity contribution in [3.63, 3.8) is 0 Å². The van der Waals surface area contributed by atoms with Crippen LogP contribution in [0.15, 0.2) is 30.3 Å². The first-order valence-electron chi connectivity index (χ1n) is 9.34. The van der Waals surface area contributed by atoms with Crippen LogP contribution in [0.3, 0.4) is 0 Å². The highest BCUT2D eigenvalue weighted by Gasteiger charge is 2.46. The molecule has 1 saturated heterocycles. The van der Waals surface area contributed by atoms with Gasteiger partial charge in [0.05, 0.1) is 12.0 Å². The van der Waals surface area contributed by atoms with Crippen molar-refractivity contribution in [2.75, 3.05) is 44.8 Å². The number of anilines is 1. The predicted octanol–water partition coefficient (Wildman–Crippen LogP) is 1.67. The number of hydrogen-bond acceptors (Lipinski definition) is 5. The molecule has 1 aromatic carbocycles. The Morgan fingerprint density at radius 2 is 1.93 bits per heavy atom. The van der Waals surface area contributed by atoms with E-state index in [0.717, 1.165) is 43.6 Å². The average Bonchev–Trinajstić information content (AvgIpc) is 2.68. The first-order valence-corrected chi connectivity index (χ1v) is 9.34. The van der Waals surface area contributed by atoms with Gasteiger partial charge in [-0.1, -0.05) is 24.6 Å². The van der Waals surface area contributed by atoms with Crippen LogP contribution in [0.2, 0.25) is 0 Å². The summed E-state index contributed by atoms with van der Waals surface area (Å²) in [5.74, 6) is -0.341. The lowest BCUT2D eigenvalue weighted by Gasteiger charge is -2.45. The van der Waals surface area contributed by atoms with Crippen LogP contribution in [-0.4, -0.2) is 61.8 Å². The molecule has 2 amide bonds. The Kier molecular flexibility index (Phi) is 6.13. The molecule has 0 atom stereocenters. The summed E-state index contributed by atoms with van der Waals surface area (Å²) in [7, 11) is 1.66. The Bertz CT molecular complexity index is 707. The standard InChI is InChI=1S/C20H27N3O4/c1-27-15-20(9-4-10-20)19(25)23-13-11-22(12-14-23)17-6-3-2-5-16(17)7-8-18(24)21-26/h2-3,5-8,26H,4,9-15H2,1H3,(H,21,24)/b8-7+. The molecule has 27 heavy (non-hydrogen) atoms. The average molecular weight is 373 g/mol. The Morgan fingerprint density at radius 1 is 1.22 bits per heavy atom. The number of piperazine rings is 1. The second-order valence-electron chi connectivity index (χ2n) is 7.21. The molecule has 146 valence electrons. The second-order valence-corrected chi connectivity index (χ2v) is 7.21. The van der Waals surface area contributed by atoms with Crippen LogP contribution in [0.5, 0.6) is 0 Å². The SMILES string of the molecule is COCC1(C(=O)N2CCN(c3ccccc3/C=C/C(=O)NO)CC2)CCC1. The minimum absolute atomic E-state index is 0.225. The van der Waals surface area contributed by atoms with E-state index in [1.165, 1.54) is 6.08 Å². The fourth-order valence-electron chi connectivity index (χ4n) is 3.90. The van der Waals surface area contributed by atoms with Crippen LogP contribution in [0.4, 0.5) is 5.69 Å². The van der Waals surface area contributed by atoms with Gasteiger partial charge >= 0.3 is 0 Å². The van der Waals surface area contributed by atoms with Gasteiger partial charge in [-0.15, -0.1) is 0 Å². The van der Waals surface area contributed by atoms with Crippen LogP contribution in [0, 0.1) is 5.41 Å². The normalized spacial score (nSPS) is 19.0. The maximum absolute atomic E-state index is 13.0. The fraction of sp³-hybridized carbons (Fsp3) is 0.500. The number of hydrogen-bond donors (Lipinski definition) is 2. The van der Waals surface area contributed by atoms with E-state index >= 15 is 0 Å². The van der Waals surface area contributed by atoms with E-state index in [9.17, 15) is 9.59 Å². The fourth-order valence-corrected chi connectivity index (χ4v) is 3.90. The summed E-state index contributed by atoms with van der Waals surface area (Å²) in [5, 5.41) is 8.63. The van der Waals surface area contributed by atoms with Gasteiger partial charge in [0.15, 0.2) is 0 Å². The molecule has 0 bridgehead atoms. The van der Waals surface area contributed by atoms with E-state index in [1.54, 1.807) is 18.7 Å². The molecular formula is C20H27N3O4. The smallest absolute Gasteiger partial charge is 0.267 e. The summed E-state index contributed by atoms with van der Waals surface area (Å²) in [6.07, 6.45) is 5.90. The lowest BCUT2D eigenvalue weighted by atomic mass is 9.68. The molecule has 7 heteroatoms. The highest BCUT2D eigenvalue weighted by Crippen LogP contribution is 2.43. The third kappa shape index (κ3) is 4.14. The molecule has 0 spiro atoms. The summed E-state index contributed by atoms with van der Waals surface area (Å²) in [5.41, 5.74) is 3.20. The lowest BCUT2D eigenvalue weighted by Crippen LogP contribution is -2.56. The molecule has 7 nitrogen and oxygen atoms in total. The van der Waals surface area contributed by atoms with Crippen molar-refractivity contribution in [2.24, 2.45) is 5.41 Å². The van der Waals surface area contributed by atoms with E-state index in [0.29, 0.717) is 19.7 Å². The minimum Gasteiger partial charge on any atom is -0.384 e. The minimum atomic E-state index is -0.566. The second kappa shape index (κ2) is 8.54. The van der Waals surface area contributed by atoms with Crippen LogP contribution in [-0.2, 0) is 14.3 Å². The molecule has 0 unspecified atom stereocenters. The maximum atomic E-state index is 13.0. The van der Waals surface area contributed by atoms with Gasteiger partial charge in [0.2, 0.25) is 5.91 Å². The zero-order valence-electron chi connectivity index (χ0n) is 15.7. The highest BCUT2D eigenvalue weighted by atomic mass is 16.5. The highest BCUT2D eigenvalue weighted by molar-refractivity contribution is 5.92. The van der Waals surface area contributed by atoms with Crippen LogP contribution < -0.4 is 10.4 Å². The van der Waals surface area contributed by atoms with Gasteiger partial charge in [0.25, 0.3) is 5.91 Å². The number of hydroxylamine groups is 1. The number of carbonyl (C=O) groups excluding carboxylic acids is 2. The van der Waals surface area contributed by atoms with Crippen LogP contribution in [0.1, 0.15) is 24.8 Å². The van der Waals surface area contributed by atoms with Crippen molar-refractivity contribution >= 4 is 23.6 Å². The number of carbonyl (C=O) groups is 2. The summed E-state index contributed by atoms with van der Waals surface area (Å²) in [6, 6.07) is 7.80. The molecule has 0 aromatic heterocycles. The number of para-hydroxylation sites is 1. The van der Waals surface area contributed by atoms with Crippen molar-refractivity contribution in [3.8, 4) is 0 Å². The largest absolute Gasteiger partial charge is 0.384 e. The molecule has 1 heterocycles. The van der Waals surface area contributed by atoms with Gasteiger partial charge in [-0.05, 0) is 30.5 Å². The third-order valence-corrected chi connectivity index (χ3v) is 5.55. The Hall–Kier alpha value is -2.38. The number of nitrogens with zero attached hydrogens (tertiary/aromatic N) is 2. The third-order valence-electron chi connectivity index (χ3n) is 5.55. The zero-order chi connectivity index (χ0) is 19.3. The monoisotopic (exact) mass is 373 g/mol. The first-order chi connectivity index (χ1) is 13.1. The van der Waals surface area contributed by atoms with Gasteiger partial charge in [-0.3, -0.25) is 14.8 Å². The topological polar surface area (TPSA) is 82.1 Å². The number of methoxy groups -OCH3 is 1. The molecule has 1 aliphatic carbocycles. The summed E-state index contributed by atoms with van der Waals surface area (Å²) in [4.78, 5) is 28.4. The van der Waals surface area contributed by atoms with Crippen LogP contribution >= 0.6 is 0 Å². The Balaban J connectivity index is 1.65. The molecule has 1 saturated carbocycles. The summed E-state index contributed by atoms with van der Waals surface area (Å²) in [6.45, 7) is 3.35. The predicted molar refractivity (Wildman–Crippen MR) is 102 cm³/mol. The van der Waals surface area contributed by atoms with Gasteiger partial charge in [0, 0.05) is 45.1 Å². The van der Waals surface area contributed by atoms with Crippen molar-refractivity contribution in [1.82, 2.24) is 10.4 Å². The lowest BCUT2D eigenvalue weighted by molar-refractivity contribution is -0.152. The number of ether oxygens (including phenoxy) is 1. The van der Waals surface area contributed by atoms with Crippen molar-refractivity contribution in [2.45, 2.75) is 19.3 Å². The Labute approximate surface area is 159 Å². The molecule has 3 rings (SSSR count). The Morgan fingerprint density at radius 3 is 2.52 bits per heavy atom. The van der Waals surface area contributed by atoms with Gasteiger partial charge in [0.1, 0.15) is 0 Å². The summed E-state index contributed by atoms with van der Waals surface area (Å²) < 4.78 is 5.31. The number of nitrogens with one attached hydrogen (secondary N) is 1. The molecular weight excluding hydrogens is 346 g/mol. The molecule has 2 aliphatic rings. The molecule has 1 aliphatic heterocycles. The molecule has 2 fully saturated rings. The van der Waals surface area contributed by atoms with Crippen molar-refractivity contribution in [3.05, 3.63) is 35.9 Å². The quantitative estimate of drug-likeness (QED) is 0.450. The molecule has 2 N–H and O–H groups in total. The summed E-state index contributed by atoms with van der Waals surface area (Å²) >= 11 is 0. The van der Waals surface area contributed by atoms with E-state index in [4.69, 9.17) is 9.94 Å². The van der Waals surface area contributed by atoms with Gasteiger partial charge in [-0.2, -0.15) is 0 Å². The van der Waals surface area contributed by atoms with Gasteiger partial charge < -0.3 is 14.5 Å². The molecule has 0 radical (unpaired) electrons. The van der Waals surface area contributed by atoms with E-state index in [1.807, 2.05) is 29.2 Å². The molecule has 1 aromatic rings. The number of amides is 2. The maximum Gasteiger partial charge on any atom is 0.267 e. The number of rotatable bonds is 6. The van der Waals surface area contributed by atoms with E-state index in [2.05, 4.69) is 4.90 Å². The van der Waals surface area contributed by atoms with Crippen LogP contribution in [0.25, 0.3) is 6.08 Å². The van der Waals surface area contributed by atoms with Gasteiger partial charge in [-0.25, -0.2) is 5.48 Å². The van der Waals surface area contributed by atoms with E-state index < -0.39 is 5.91 Å². The van der Waals surface area contributed by atoms with Crippen molar-refractivity contribution < 1.29 is 19.5 Å². The first kappa shape index (κ1) is 19.4. The van der Waals surface area contributed by atoms with E-state index in [-0.39, 0.29) is 11.3 Å². The zero-order valence-corrected chi connectivity index (χ0v) is 15.7. The van der Waals surface area contributed by atoms with Crippen molar-refractivity contribution in [1.29, 1.82) is 0 Å².